The minimum Gasteiger partial charge on any atom is -0.461 e. The van der Waals surface area contributed by atoms with Gasteiger partial charge in [0.2, 0.25) is 5.82 Å². The zero-order valence-electron chi connectivity index (χ0n) is 11.7. The molecule has 0 spiro atoms. The van der Waals surface area contributed by atoms with Crippen LogP contribution in [0.15, 0.2) is 39.5 Å². The first kappa shape index (κ1) is 12.3. The van der Waals surface area contributed by atoms with E-state index >= 15 is 0 Å². The lowest BCUT2D eigenvalue weighted by Crippen LogP contribution is -2.24. The molecule has 5 nitrogen and oxygen atoms in total. The van der Waals surface area contributed by atoms with Crippen molar-refractivity contribution < 1.29 is 8.94 Å². The summed E-state index contributed by atoms with van der Waals surface area (Å²) in [6, 6.07) is 8.10. The number of rotatable bonds is 2. The Kier molecular flexibility index (Phi) is 2.86. The third kappa shape index (κ3) is 2.06. The molecule has 1 aromatic carbocycles. The van der Waals surface area contributed by atoms with Crippen molar-refractivity contribution in [2.24, 2.45) is 0 Å². The maximum atomic E-state index is 5.45. The van der Waals surface area contributed by atoms with Crippen molar-refractivity contribution in [2.75, 3.05) is 6.54 Å². The summed E-state index contributed by atoms with van der Waals surface area (Å²) in [5.74, 6) is 1.72. The van der Waals surface area contributed by atoms with E-state index in [2.05, 4.69) is 21.5 Å². The van der Waals surface area contributed by atoms with E-state index in [-0.39, 0.29) is 0 Å². The van der Waals surface area contributed by atoms with Gasteiger partial charge in [0, 0.05) is 12.1 Å². The van der Waals surface area contributed by atoms with Gasteiger partial charge in [0.25, 0.3) is 5.89 Å². The van der Waals surface area contributed by atoms with Gasteiger partial charge in [0.15, 0.2) is 5.76 Å². The quantitative estimate of drug-likeness (QED) is 0.782. The molecule has 0 radical (unpaired) electrons. The molecule has 4 rings (SSSR count). The predicted molar refractivity (Wildman–Crippen MR) is 77.6 cm³/mol. The van der Waals surface area contributed by atoms with Crippen LogP contribution in [0.2, 0.25) is 0 Å². The molecule has 1 aliphatic heterocycles. The van der Waals surface area contributed by atoms with Crippen LogP contribution in [0.4, 0.5) is 0 Å². The molecule has 0 bridgehead atoms. The van der Waals surface area contributed by atoms with Crippen molar-refractivity contribution >= 4 is 0 Å². The molecule has 21 heavy (non-hydrogen) atoms. The highest BCUT2D eigenvalue weighted by atomic mass is 16.5. The smallest absolute Gasteiger partial charge is 0.258 e. The maximum Gasteiger partial charge on any atom is 0.258 e. The molecule has 3 heterocycles. The zero-order chi connectivity index (χ0) is 14.2. The van der Waals surface area contributed by atoms with Crippen LogP contribution >= 0.6 is 0 Å². The number of benzene rings is 1. The normalized spacial score (nSPS) is 14.1. The number of nitrogens with zero attached hydrogens (tertiary/aromatic N) is 2. The molecule has 106 valence electrons. The van der Waals surface area contributed by atoms with E-state index in [0.29, 0.717) is 17.5 Å². The molecule has 0 saturated carbocycles. The predicted octanol–water partition coefficient (Wildman–Crippen LogP) is 2.95. The number of aryl methyl sites for hydroxylation is 1. The lowest BCUT2D eigenvalue weighted by atomic mass is 9.95. The fourth-order valence-corrected chi connectivity index (χ4v) is 2.76. The van der Waals surface area contributed by atoms with Crippen LogP contribution in [0.3, 0.4) is 0 Å². The van der Waals surface area contributed by atoms with Gasteiger partial charge < -0.3 is 14.3 Å². The Labute approximate surface area is 122 Å². The highest BCUT2D eigenvalue weighted by molar-refractivity contribution is 5.63. The van der Waals surface area contributed by atoms with E-state index < -0.39 is 0 Å². The average molecular weight is 281 g/mol. The van der Waals surface area contributed by atoms with Gasteiger partial charge in [0.1, 0.15) is 0 Å². The summed E-state index contributed by atoms with van der Waals surface area (Å²) >= 11 is 0. The van der Waals surface area contributed by atoms with Gasteiger partial charge in [0.05, 0.1) is 6.26 Å². The van der Waals surface area contributed by atoms with E-state index in [0.717, 1.165) is 30.6 Å². The molecular weight excluding hydrogens is 266 g/mol. The average Bonchev–Trinajstić information content (AvgIpc) is 3.15. The van der Waals surface area contributed by atoms with Gasteiger partial charge >= 0.3 is 0 Å². The fraction of sp³-hybridized carbons (Fsp3) is 0.250. The summed E-state index contributed by atoms with van der Waals surface area (Å²) in [7, 11) is 0. The van der Waals surface area contributed by atoms with Crippen molar-refractivity contribution in [3.63, 3.8) is 0 Å². The molecule has 0 atom stereocenters. The third-order valence-corrected chi connectivity index (χ3v) is 3.86. The van der Waals surface area contributed by atoms with Gasteiger partial charge in [-0.15, -0.1) is 0 Å². The largest absolute Gasteiger partial charge is 0.461 e. The van der Waals surface area contributed by atoms with Crippen molar-refractivity contribution in [1.82, 2.24) is 15.5 Å². The second-order valence-electron chi connectivity index (χ2n) is 5.23. The molecule has 0 fully saturated rings. The first-order valence-electron chi connectivity index (χ1n) is 7.03. The topological polar surface area (TPSA) is 64.1 Å². The molecular formula is C16H15N3O2. The summed E-state index contributed by atoms with van der Waals surface area (Å²) in [6.07, 6.45) is 2.61. The van der Waals surface area contributed by atoms with Crippen LogP contribution in [-0.2, 0) is 13.0 Å². The molecule has 0 saturated heterocycles. The summed E-state index contributed by atoms with van der Waals surface area (Å²) in [5, 5.41) is 7.42. The van der Waals surface area contributed by atoms with Crippen molar-refractivity contribution in [3.05, 3.63) is 47.2 Å². The summed E-state index contributed by atoms with van der Waals surface area (Å²) < 4.78 is 10.9. The number of fused-ring (bicyclic) bond motifs is 1. The fourth-order valence-electron chi connectivity index (χ4n) is 2.76. The van der Waals surface area contributed by atoms with Crippen LogP contribution in [0.5, 0.6) is 0 Å². The minimum absolute atomic E-state index is 0.499. The Bertz CT molecular complexity index is 788. The first-order valence-corrected chi connectivity index (χ1v) is 7.03. The monoisotopic (exact) mass is 281 g/mol. The van der Waals surface area contributed by atoms with Gasteiger partial charge in [-0.2, -0.15) is 4.98 Å². The molecule has 0 amide bonds. The molecule has 1 N–H and O–H groups in total. The molecule has 2 aromatic heterocycles. The highest BCUT2D eigenvalue weighted by Crippen LogP contribution is 2.29. The summed E-state index contributed by atoms with van der Waals surface area (Å²) in [5.41, 5.74) is 4.62. The lowest BCUT2D eigenvalue weighted by Gasteiger charge is -2.18. The number of hydrogen-bond acceptors (Lipinski definition) is 5. The standard InChI is InChI=1S/C16H15N3O2/c1-10-6-8-20-14(10)15-18-16(21-19-15)13-4-2-3-11-9-17-7-5-12(11)13/h2-4,6,8,17H,5,7,9H2,1H3. The lowest BCUT2D eigenvalue weighted by molar-refractivity contribution is 0.428. The number of nitrogens with one attached hydrogen (secondary N) is 1. The van der Waals surface area contributed by atoms with Crippen LogP contribution in [0.1, 0.15) is 16.7 Å². The van der Waals surface area contributed by atoms with Crippen LogP contribution in [0, 0.1) is 6.92 Å². The van der Waals surface area contributed by atoms with Crippen molar-refractivity contribution in [3.8, 4) is 23.0 Å². The number of aromatic nitrogens is 2. The van der Waals surface area contributed by atoms with Gasteiger partial charge in [-0.25, -0.2) is 0 Å². The van der Waals surface area contributed by atoms with Crippen molar-refractivity contribution in [2.45, 2.75) is 19.9 Å². The van der Waals surface area contributed by atoms with Crippen molar-refractivity contribution in [1.29, 1.82) is 0 Å². The summed E-state index contributed by atoms with van der Waals surface area (Å²) in [4.78, 5) is 4.50. The Hall–Kier alpha value is -2.40. The second-order valence-corrected chi connectivity index (χ2v) is 5.23. The van der Waals surface area contributed by atoms with E-state index in [9.17, 15) is 0 Å². The molecule has 0 unspecified atom stereocenters. The van der Waals surface area contributed by atoms with Crippen LogP contribution in [0.25, 0.3) is 23.0 Å². The number of furan rings is 1. The summed E-state index contributed by atoms with van der Waals surface area (Å²) in [6.45, 7) is 3.83. The zero-order valence-corrected chi connectivity index (χ0v) is 11.7. The maximum absolute atomic E-state index is 5.45. The Morgan fingerprint density at radius 1 is 1.24 bits per heavy atom. The Balaban J connectivity index is 1.78. The van der Waals surface area contributed by atoms with Crippen LogP contribution in [-0.4, -0.2) is 16.7 Å². The highest BCUT2D eigenvalue weighted by Gasteiger charge is 2.19. The minimum atomic E-state index is 0.499. The molecule has 3 aromatic rings. The molecule has 5 heteroatoms. The first-order chi connectivity index (χ1) is 10.3. The van der Waals surface area contributed by atoms with Crippen LogP contribution < -0.4 is 5.32 Å². The second kappa shape index (κ2) is 4.86. The van der Waals surface area contributed by atoms with E-state index in [1.165, 1.54) is 11.1 Å². The molecule has 0 aliphatic carbocycles. The SMILES string of the molecule is Cc1ccoc1-c1noc(-c2cccc3c2CCNC3)n1. The van der Waals surface area contributed by atoms with Gasteiger partial charge in [-0.3, -0.25) is 0 Å². The van der Waals surface area contributed by atoms with Gasteiger partial charge in [-0.05, 0) is 48.7 Å². The Morgan fingerprint density at radius 3 is 3.05 bits per heavy atom. The third-order valence-electron chi connectivity index (χ3n) is 3.86. The Morgan fingerprint density at radius 2 is 2.19 bits per heavy atom. The van der Waals surface area contributed by atoms with Gasteiger partial charge in [-0.1, -0.05) is 17.3 Å². The molecule has 1 aliphatic rings. The van der Waals surface area contributed by atoms with E-state index in [1.54, 1.807) is 6.26 Å². The van der Waals surface area contributed by atoms with E-state index in [4.69, 9.17) is 8.94 Å². The van der Waals surface area contributed by atoms with E-state index in [1.807, 2.05) is 25.1 Å². The number of hydrogen-bond donors (Lipinski definition) is 1.